The van der Waals surface area contributed by atoms with Crippen molar-refractivity contribution in [3.8, 4) is 45.5 Å². The molecule has 0 atom stereocenters. The van der Waals surface area contributed by atoms with Crippen LogP contribution < -0.4 is 0 Å². The number of para-hydroxylation sites is 1. The molecule has 8 rings (SSSR count). The van der Waals surface area contributed by atoms with Crippen LogP contribution in [0.15, 0.2) is 102 Å². The second-order valence-electron chi connectivity index (χ2n) is 15.3. The zero-order valence-corrected chi connectivity index (χ0v) is 29.6. The number of aromatic nitrogens is 3. The van der Waals surface area contributed by atoms with Gasteiger partial charge in [-0.25, -0.2) is 9.97 Å². The first-order chi connectivity index (χ1) is 23.3. The van der Waals surface area contributed by atoms with Crippen LogP contribution in [0.4, 0.5) is 0 Å². The van der Waals surface area contributed by atoms with Gasteiger partial charge in [-0.15, -0.1) is 0 Å². The van der Waals surface area contributed by atoms with E-state index in [-0.39, 0.29) is 16.6 Å². The van der Waals surface area contributed by atoms with Gasteiger partial charge in [-0.3, -0.25) is 4.57 Å². The number of rotatable bonds is 5. The van der Waals surface area contributed by atoms with Crippen LogP contribution in [0.3, 0.4) is 0 Å². The maximum absolute atomic E-state index is 11.2. The number of hydrogen-bond donors (Lipinski definition) is 1. The zero-order valence-electron chi connectivity index (χ0n) is 29.6. The third kappa shape index (κ3) is 4.74. The van der Waals surface area contributed by atoms with E-state index in [1.54, 1.807) is 6.07 Å². The topological polar surface area (TPSA) is 64.1 Å². The molecular formula is C44H43N3O2. The molecule has 3 heterocycles. The summed E-state index contributed by atoms with van der Waals surface area (Å²) < 4.78 is 8.40. The molecule has 0 fully saturated rings. The Hall–Kier alpha value is -5.16. The molecule has 49 heavy (non-hydrogen) atoms. The highest BCUT2D eigenvalue weighted by Crippen LogP contribution is 2.55. The van der Waals surface area contributed by atoms with E-state index < -0.39 is 0 Å². The lowest BCUT2D eigenvalue weighted by Gasteiger charge is -2.47. The molecule has 3 aromatic heterocycles. The Bertz CT molecular complexity index is 2400. The average molecular weight is 646 g/mol. The van der Waals surface area contributed by atoms with Gasteiger partial charge in [0.15, 0.2) is 0 Å². The third-order valence-corrected chi connectivity index (χ3v) is 11.3. The van der Waals surface area contributed by atoms with Crippen LogP contribution in [-0.4, -0.2) is 19.6 Å². The van der Waals surface area contributed by atoms with Crippen molar-refractivity contribution in [1.82, 2.24) is 14.5 Å². The minimum atomic E-state index is -0.216. The van der Waals surface area contributed by atoms with Crippen molar-refractivity contribution in [1.29, 1.82) is 0 Å². The lowest BCUT2D eigenvalue weighted by Crippen LogP contribution is -2.43. The van der Waals surface area contributed by atoms with Gasteiger partial charge in [0.05, 0.1) is 11.4 Å². The first-order valence-electron chi connectivity index (χ1n) is 17.4. The predicted molar refractivity (Wildman–Crippen MR) is 201 cm³/mol. The van der Waals surface area contributed by atoms with Gasteiger partial charge in [-0.1, -0.05) is 97.9 Å². The number of phenols is 1. The number of fused-ring (bicyclic) bond motifs is 6. The first kappa shape index (κ1) is 31.1. The Morgan fingerprint density at radius 3 is 2.08 bits per heavy atom. The summed E-state index contributed by atoms with van der Waals surface area (Å²) >= 11 is 0. The largest absolute Gasteiger partial charge is 0.507 e. The molecule has 1 aliphatic rings. The SMILES string of the molecule is CC(C)c1cc(C(C)C)cc(-n2cc(-c3ccc4c(n3)-c3c(O)cccc3C(C)(C)C4(C)C)nc2-c2ccc3oc4ccccc4c3c2)c1. The zero-order chi connectivity index (χ0) is 34.4. The molecule has 0 aliphatic heterocycles. The van der Waals surface area contributed by atoms with Gasteiger partial charge in [0.25, 0.3) is 0 Å². The van der Waals surface area contributed by atoms with Crippen LogP contribution in [0.1, 0.15) is 89.5 Å². The van der Waals surface area contributed by atoms with Gasteiger partial charge < -0.3 is 9.52 Å². The Kier molecular flexibility index (Phi) is 6.94. The van der Waals surface area contributed by atoms with Crippen molar-refractivity contribution >= 4 is 21.9 Å². The molecule has 0 amide bonds. The number of furan rings is 1. The van der Waals surface area contributed by atoms with E-state index in [0.29, 0.717) is 11.8 Å². The van der Waals surface area contributed by atoms with E-state index >= 15 is 0 Å². The fraction of sp³-hybridized carbons (Fsp3) is 0.273. The molecule has 4 aromatic carbocycles. The quantitative estimate of drug-likeness (QED) is 0.202. The number of nitrogens with zero attached hydrogens (tertiary/aromatic N) is 3. The van der Waals surface area contributed by atoms with E-state index in [0.717, 1.165) is 72.8 Å². The first-order valence-corrected chi connectivity index (χ1v) is 17.4. The van der Waals surface area contributed by atoms with E-state index in [1.165, 1.54) is 11.1 Å². The van der Waals surface area contributed by atoms with Crippen LogP contribution in [0.2, 0.25) is 0 Å². The Morgan fingerprint density at radius 2 is 1.35 bits per heavy atom. The van der Waals surface area contributed by atoms with Gasteiger partial charge in [-0.05, 0) is 88.0 Å². The van der Waals surface area contributed by atoms with Crippen molar-refractivity contribution in [3.05, 3.63) is 119 Å². The van der Waals surface area contributed by atoms with Crippen LogP contribution >= 0.6 is 0 Å². The molecule has 7 aromatic rings. The van der Waals surface area contributed by atoms with Gasteiger partial charge in [0, 0.05) is 39.2 Å². The highest BCUT2D eigenvalue weighted by Gasteiger charge is 2.47. The fourth-order valence-electron chi connectivity index (χ4n) is 7.51. The van der Waals surface area contributed by atoms with Gasteiger partial charge in [0.2, 0.25) is 0 Å². The molecule has 0 spiro atoms. The molecule has 0 bridgehead atoms. The number of imidazole rings is 1. The summed E-state index contributed by atoms with van der Waals surface area (Å²) in [6, 6.07) is 31.5. The molecule has 5 nitrogen and oxygen atoms in total. The van der Waals surface area contributed by atoms with E-state index in [4.69, 9.17) is 14.4 Å². The number of hydrogen-bond acceptors (Lipinski definition) is 4. The van der Waals surface area contributed by atoms with Crippen LogP contribution in [0.5, 0.6) is 5.75 Å². The van der Waals surface area contributed by atoms with Crippen molar-refractivity contribution in [3.63, 3.8) is 0 Å². The normalized spacial score (nSPS) is 14.9. The molecule has 0 unspecified atom stereocenters. The van der Waals surface area contributed by atoms with E-state index in [9.17, 15) is 5.11 Å². The van der Waals surface area contributed by atoms with Gasteiger partial charge >= 0.3 is 0 Å². The lowest BCUT2D eigenvalue weighted by atomic mass is 9.56. The molecule has 0 saturated carbocycles. The van der Waals surface area contributed by atoms with E-state index in [1.807, 2.05) is 30.3 Å². The monoisotopic (exact) mass is 645 g/mol. The van der Waals surface area contributed by atoms with Crippen molar-refractivity contribution in [2.24, 2.45) is 0 Å². The Morgan fingerprint density at radius 1 is 0.653 bits per heavy atom. The standard InChI is InChI=1S/C44H43N3O2/c1-25(2)28-20-29(26(3)4)22-30(21-28)47-24-36(46-42(47)27-16-19-39-32(23-27)31-12-9-10-15-38(31)49-39)35-18-17-34-41(45-35)40-33(13-11-14-37(40)48)43(5,6)44(34,7)8/h9-26,48H,1-8H3. The molecule has 5 heteroatoms. The number of phenolic OH excluding ortho intramolecular Hbond substituents is 1. The summed E-state index contributed by atoms with van der Waals surface area (Å²) in [5, 5.41) is 13.4. The van der Waals surface area contributed by atoms with Crippen LogP contribution in [0.25, 0.3) is 61.7 Å². The average Bonchev–Trinajstić information content (AvgIpc) is 3.69. The lowest BCUT2D eigenvalue weighted by molar-refractivity contribution is 0.296. The molecule has 1 N–H and O–H groups in total. The van der Waals surface area contributed by atoms with Crippen LogP contribution in [0, 0.1) is 0 Å². The summed E-state index contributed by atoms with van der Waals surface area (Å²) in [5.41, 5.74) is 11.4. The summed E-state index contributed by atoms with van der Waals surface area (Å²) in [7, 11) is 0. The summed E-state index contributed by atoms with van der Waals surface area (Å²) in [5.74, 6) is 1.84. The van der Waals surface area contributed by atoms with Gasteiger partial charge in [-0.2, -0.15) is 0 Å². The maximum atomic E-state index is 11.2. The minimum Gasteiger partial charge on any atom is -0.507 e. The number of aromatic hydroxyl groups is 1. The highest BCUT2D eigenvalue weighted by molar-refractivity contribution is 6.06. The Labute approximate surface area is 288 Å². The minimum absolute atomic E-state index is 0.211. The number of benzene rings is 4. The van der Waals surface area contributed by atoms with Crippen molar-refractivity contribution in [2.45, 2.75) is 78.1 Å². The maximum Gasteiger partial charge on any atom is 0.145 e. The summed E-state index contributed by atoms with van der Waals surface area (Å²) in [6.07, 6.45) is 2.12. The van der Waals surface area contributed by atoms with Crippen molar-refractivity contribution in [2.75, 3.05) is 0 Å². The second-order valence-corrected chi connectivity index (χ2v) is 15.3. The predicted octanol–water partition coefficient (Wildman–Crippen LogP) is 11.7. The third-order valence-electron chi connectivity index (χ3n) is 11.3. The number of pyridine rings is 1. The van der Waals surface area contributed by atoms with E-state index in [2.05, 4.69) is 121 Å². The summed E-state index contributed by atoms with van der Waals surface area (Å²) in [6.45, 7) is 18.0. The second kappa shape index (κ2) is 10.9. The molecule has 246 valence electrons. The fourth-order valence-corrected chi connectivity index (χ4v) is 7.51. The smallest absolute Gasteiger partial charge is 0.145 e. The Balaban J connectivity index is 1.37. The molecule has 0 radical (unpaired) electrons. The molecule has 0 saturated heterocycles. The molecular weight excluding hydrogens is 603 g/mol. The van der Waals surface area contributed by atoms with Crippen molar-refractivity contribution < 1.29 is 9.52 Å². The van der Waals surface area contributed by atoms with Gasteiger partial charge in [0.1, 0.15) is 28.4 Å². The highest BCUT2D eigenvalue weighted by atomic mass is 16.3. The molecule has 1 aliphatic carbocycles. The summed E-state index contributed by atoms with van der Waals surface area (Å²) in [4.78, 5) is 10.7. The van der Waals surface area contributed by atoms with Crippen LogP contribution in [-0.2, 0) is 10.8 Å².